The molecule has 0 aromatic heterocycles. The van der Waals surface area contributed by atoms with E-state index in [0.717, 1.165) is 37.6 Å². The van der Waals surface area contributed by atoms with E-state index in [-0.39, 0.29) is 0 Å². The molecule has 66 valence electrons. The molecule has 2 aliphatic rings. The van der Waals surface area contributed by atoms with Crippen LogP contribution in [0.4, 0.5) is 0 Å². The van der Waals surface area contributed by atoms with Crippen molar-refractivity contribution in [1.29, 1.82) is 0 Å². The maximum atomic E-state index is 3.98. The first-order chi connectivity index (χ1) is 5.77. The first-order valence-electron chi connectivity index (χ1n) is 4.38. The summed E-state index contributed by atoms with van der Waals surface area (Å²) in [6.45, 7) is 11.1. The van der Waals surface area contributed by atoms with E-state index >= 15 is 0 Å². The highest BCUT2D eigenvalue weighted by Crippen LogP contribution is 2.17. The van der Waals surface area contributed by atoms with Gasteiger partial charge in [0.05, 0.1) is 11.9 Å². The van der Waals surface area contributed by atoms with Crippen LogP contribution in [0.3, 0.4) is 0 Å². The van der Waals surface area contributed by atoms with Gasteiger partial charge in [-0.05, 0) is 0 Å². The lowest BCUT2D eigenvalue weighted by atomic mass is 10.1. The van der Waals surface area contributed by atoms with Crippen LogP contribution in [0.1, 0.15) is 6.42 Å². The van der Waals surface area contributed by atoms with Crippen molar-refractivity contribution in [3.63, 3.8) is 0 Å². The smallest absolute Gasteiger partial charge is 0.0984 e. The van der Waals surface area contributed by atoms with Crippen LogP contribution in [0.15, 0.2) is 24.7 Å². The molecule has 2 fully saturated rings. The van der Waals surface area contributed by atoms with Gasteiger partial charge in [-0.2, -0.15) is 0 Å². The van der Waals surface area contributed by atoms with E-state index in [9.17, 15) is 0 Å². The molecule has 0 bridgehead atoms. The van der Waals surface area contributed by atoms with Crippen molar-refractivity contribution in [2.45, 2.75) is 12.5 Å². The molecular weight excluding hydrogens is 150 g/mol. The fourth-order valence-electron chi connectivity index (χ4n) is 1.63. The molecule has 3 heteroatoms. The van der Waals surface area contributed by atoms with Gasteiger partial charge >= 0.3 is 0 Å². The number of nitrogens with one attached hydrogen (secondary N) is 2. The molecule has 0 atom stereocenters. The minimum atomic E-state index is 0.651. The fraction of sp³-hybridized carbons (Fsp3) is 0.556. The largest absolute Gasteiger partial charge is 0.353 e. The topological polar surface area (TPSA) is 27.3 Å². The highest BCUT2D eigenvalue weighted by Gasteiger charge is 2.27. The van der Waals surface area contributed by atoms with E-state index in [1.54, 1.807) is 0 Å². The van der Waals surface area contributed by atoms with Gasteiger partial charge in [-0.1, -0.05) is 13.2 Å². The lowest BCUT2D eigenvalue weighted by Gasteiger charge is -2.43. The molecule has 0 unspecified atom stereocenters. The Morgan fingerprint density at radius 3 is 2.58 bits per heavy atom. The number of nitrogens with zero attached hydrogens (tertiary/aromatic N) is 1. The Bertz CT molecular complexity index is 218. The number of rotatable bonds is 1. The number of hydrogen-bond donors (Lipinski definition) is 2. The second kappa shape index (κ2) is 2.83. The molecule has 0 spiro atoms. The Hall–Kier alpha value is -0.960. The Morgan fingerprint density at radius 2 is 2.08 bits per heavy atom. The third kappa shape index (κ3) is 1.20. The summed E-state index contributed by atoms with van der Waals surface area (Å²) >= 11 is 0. The summed E-state index contributed by atoms with van der Waals surface area (Å²) in [5.74, 6) is 1.01. The summed E-state index contributed by atoms with van der Waals surface area (Å²) in [5, 5.41) is 6.44. The average molecular weight is 165 g/mol. The van der Waals surface area contributed by atoms with Crippen LogP contribution >= 0.6 is 0 Å². The molecule has 2 heterocycles. The minimum absolute atomic E-state index is 0.651. The highest BCUT2D eigenvalue weighted by atomic mass is 15.3. The molecule has 0 aromatic carbocycles. The molecule has 0 radical (unpaired) electrons. The molecule has 0 saturated carbocycles. The molecule has 2 saturated heterocycles. The normalized spacial score (nSPS) is 25.2. The van der Waals surface area contributed by atoms with Crippen LogP contribution in [0.5, 0.6) is 0 Å². The van der Waals surface area contributed by atoms with E-state index < -0.39 is 0 Å². The van der Waals surface area contributed by atoms with Gasteiger partial charge < -0.3 is 15.5 Å². The quantitative estimate of drug-likeness (QED) is 0.583. The Labute approximate surface area is 73.1 Å². The van der Waals surface area contributed by atoms with Gasteiger partial charge in [-0.25, -0.2) is 0 Å². The zero-order valence-electron chi connectivity index (χ0n) is 7.27. The minimum Gasteiger partial charge on any atom is -0.353 e. The highest BCUT2D eigenvalue weighted by molar-refractivity contribution is 5.12. The van der Waals surface area contributed by atoms with Crippen molar-refractivity contribution in [2.75, 3.05) is 19.6 Å². The van der Waals surface area contributed by atoms with Gasteiger partial charge in [0, 0.05) is 31.8 Å². The van der Waals surface area contributed by atoms with Gasteiger partial charge in [-0.15, -0.1) is 0 Å². The predicted octanol–water partition coefficient (Wildman–Crippen LogP) is 0.238. The zero-order valence-corrected chi connectivity index (χ0v) is 7.27. The third-order valence-electron chi connectivity index (χ3n) is 2.52. The lowest BCUT2D eigenvalue weighted by Crippen LogP contribution is -2.59. The van der Waals surface area contributed by atoms with Gasteiger partial charge in [0.15, 0.2) is 0 Å². The molecule has 12 heavy (non-hydrogen) atoms. The maximum Gasteiger partial charge on any atom is 0.0984 e. The summed E-state index contributed by atoms with van der Waals surface area (Å²) in [6.07, 6.45) is 1.04. The molecule has 2 aliphatic heterocycles. The van der Waals surface area contributed by atoms with Crippen LogP contribution in [0.25, 0.3) is 0 Å². The average Bonchev–Trinajstić information content (AvgIpc) is 1.91. The summed E-state index contributed by atoms with van der Waals surface area (Å²) in [5.41, 5.74) is 1.09. The van der Waals surface area contributed by atoms with E-state index in [1.807, 2.05) is 0 Å². The first-order valence-corrected chi connectivity index (χ1v) is 4.38. The van der Waals surface area contributed by atoms with Crippen LogP contribution in [0, 0.1) is 0 Å². The molecule has 3 nitrogen and oxygen atoms in total. The van der Waals surface area contributed by atoms with E-state index in [0.29, 0.717) is 6.04 Å². The summed E-state index contributed by atoms with van der Waals surface area (Å²) in [6, 6.07) is 0.651. The zero-order chi connectivity index (χ0) is 8.55. The van der Waals surface area contributed by atoms with Crippen LogP contribution in [-0.4, -0.2) is 30.6 Å². The van der Waals surface area contributed by atoms with Crippen molar-refractivity contribution in [2.24, 2.45) is 0 Å². The standard InChI is InChI=1S/C9H15N3/c1-7-3-4-12(8(2)11-7)9-5-10-6-9/h9-11H,1-6H2. The van der Waals surface area contributed by atoms with Crippen molar-refractivity contribution >= 4 is 0 Å². The third-order valence-corrected chi connectivity index (χ3v) is 2.52. The van der Waals surface area contributed by atoms with Crippen molar-refractivity contribution in [3.05, 3.63) is 24.7 Å². The van der Waals surface area contributed by atoms with Crippen LogP contribution in [0.2, 0.25) is 0 Å². The summed E-state index contributed by atoms with van der Waals surface area (Å²) in [4.78, 5) is 2.32. The summed E-state index contributed by atoms with van der Waals surface area (Å²) in [7, 11) is 0. The second-order valence-corrected chi connectivity index (χ2v) is 3.43. The van der Waals surface area contributed by atoms with Gasteiger partial charge in [0.1, 0.15) is 0 Å². The SMILES string of the molecule is C=C1CCN(C2CNC2)C(=C)N1. The van der Waals surface area contributed by atoms with E-state index in [4.69, 9.17) is 0 Å². The van der Waals surface area contributed by atoms with Crippen molar-refractivity contribution in [3.8, 4) is 0 Å². The van der Waals surface area contributed by atoms with Crippen molar-refractivity contribution < 1.29 is 0 Å². The van der Waals surface area contributed by atoms with Gasteiger partial charge in [0.25, 0.3) is 0 Å². The Kier molecular flexibility index (Phi) is 1.81. The summed E-state index contributed by atoms with van der Waals surface area (Å²) < 4.78 is 0. The lowest BCUT2D eigenvalue weighted by molar-refractivity contribution is 0.169. The van der Waals surface area contributed by atoms with Gasteiger partial charge in [0.2, 0.25) is 0 Å². The maximum absolute atomic E-state index is 3.98. The predicted molar refractivity (Wildman–Crippen MR) is 49.4 cm³/mol. The molecule has 0 amide bonds. The fourth-order valence-corrected chi connectivity index (χ4v) is 1.63. The van der Waals surface area contributed by atoms with E-state index in [1.165, 1.54) is 0 Å². The van der Waals surface area contributed by atoms with Crippen LogP contribution < -0.4 is 10.6 Å². The molecular formula is C9H15N3. The molecule has 2 N–H and O–H groups in total. The molecule has 0 aromatic rings. The monoisotopic (exact) mass is 165 g/mol. The van der Waals surface area contributed by atoms with Crippen molar-refractivity contribution in [1.82, 2.24) is 15.5 Å². The van der Waals surface area contributed by atoms with Gasteiger partial charge in [-0.3, -0.25) is 0 Å². The molecule has 2 rings (SSSR count). The van der Waals surface area contributed by atoms with E-state index in [2.05, 4.69) is 28.7 Å². The Balaban J connectivity index is 1.97. The second-order valence-electron chi connectivity index (χ2n) is 3.43. The molecule has 0 aliphatic carbocycles. The first kappa shape index (κ1) is 7.68. The Morgan fingerprint density at radius 1 is 1.33 bits per heavy atom. The number of hydrogen-bond acceptors (Lipinski definition) is 3. The van der Waals surface area contributed by atoms with Crippen LogP contribution in [-0.2, 0) is 0 Å².